The molecule has 0 aromatic rings. The summed E-state index contributed by atoms with van der Waals surface area (Å²) in [5.74, 6) is 0.587. The Morgan fingerprint density at radius 2 is 2.17 bits per heavy atom. The summed E-state index contributed by atoms with van der Waals surface area (Å²) >= 11 is 0. The maximum absolute atomic E-state index is 10.9. The van der Waals surface area contributed by atoms with E-state index in [9.17, 15) is 4.79 Å². The molecule has 0 fully saturated rings. The third-order valence-electron chi connectivity index (χ3n) is 1.45. The van der Waals surface area contributed by atoms with Gasteiger partial charge in [0, 0.05) is 6.54 Å². The highest BCUT2D eigenvalue weighted by atomic mass is 16.5. The fraction of sp³-hybridized carbons (Fsp3) is 0.889. The number of rotatable bonds is 5. The van der Waals surface area contributed by atoms with E-state index in [-0.39, 0.29) is 6.09 Å². The monoisotopic (exact) mass is 173 g/mol. The number of carbonyl (C=O) groups is 1. The van der Waals surface area contributed by atoms with Crippen LogP contribution in [0.15, 0.2) is 0 Å². The van der Waals surface area contributed by atoms with Crippen molar-refractivity contribution < 1.29 is 9.53 Å². The summed E-state index contributed by atoms with van der Waals surface area (Å²) in [7, 11) is 0. The molecule has 0 radical (unpaired) electrons. The summed E-state index contributed by atoms with van der Waals surface area (Å²) in [5, 5.41) is 2.64. The van der Waals surface area contributed by atoms with Gasteiger partial charge in [-0.1, -0.05) is 20.8 Å². The number of hydrogen-bond donors (Lipinski definition) is 1. The minimum atomic E-state index is -0.294. The Kier molecular flexibility index (Phi) is 6.53. The van der Waals surface area contributed by atoms with Crippen LogP contribution in [-0.4, -0.2) is 19.2 Å². The first kappa shape index (κ1) is 11.3. The van der Waals surface area contributed by atoms with Crippen LogP contribution in [0.25, 0.3) is 0 Å². The van der Waals surface area contributed by atoms with E-state index in [1.807, 2.05) is 6.92 Å². The molecule has 0 heterocycles. The van der Waals surface area contributed by atoms with Crippen LogP contribution < -0.4 is 5.32 Å². The minimum Gasteiger partial charge on any atom is -0.450 e. The third-order valence-corrected chi connectivity index (χ3v) is 1.45. The molecule has 0 aromatic carbocycles. The molecule has 0 aliphatic carbocycles. The lowest BCUT2D eigenvalue weighted by Gasteiger charge is -2.07. The molecule has 1 N–H and O–H groups in total. The largest absolute Gasteiger partial charge is 0.450 e. The van der Waals surface area contributed by atoms with Crippen LogP contribution >= 0.6 is 0 Å². The molecule has 1 amide bonds. The van der Waals surface area contributed by atoms with E-state index in [4.69, 9.17) is 4.74 Å². The van der Waals surface area contributed by atoms with E-state index >= 15 is 0 Å². The van der Waals surface area contributed by atoms with Crippen molar-refractivity contribution in [2.24, 2.45) is 5.92 Å². The normalized spacial score (nSPS) is 10.0. The fourth-order valence-corrected chi connectivity index (χ4v) is 0.665. The molecule has 0 aliphatic rings. The standard InChI is InChI=1S/C9H19NO2/c1-4-6-10-9(11)12-7-5-8(2)3/h8H,4-7H2,1-3H3,(H,10,11). The van der Waals surface area contributed by atoms with Gasteiger partial charge in [-0.15, -0.1) is 0 Å². The molecule has 0 rings (SSSR count). The van der Waals surface area contributed by atoms with E-state index in [0.717, 1.165) is 12.8 Å². The lowest BCUT2D eigenvalue weighted by molar-refractivity contribution is 0.140. The Labute approximate surface area is 74.5 Å². The number of ether oxygens (including phenoxy) is 1. The van der Waals surface area contributed by atoms with Gasteiger partial charge in [-0.3, -0.25) is 0 Å². The predicted molar refractivity (Wildman–Crippen MR) is 49.1 cm³/mol. The number of hydrogen-bond acceptors (Lipinski definition) is 2. The van der Waals surface area contributed by atoms with Crippen LogP contribution in [0.3, 0.4) is 0 Å². The molecule has 0 saturated heterocycles. The Bertz CT molecular complexity index is 124. The highest BCUT2D eigenvalue weighted by Gasteiger charge is 2.00. The smallest absolute Gasteiger partial charge is 0.407 e. The van der Waals surface area contributed by atoms with Crippen LogP contribution in [0.1, 0.15) is 33.6 Å². The van der Waals surface area contributed by atoms with Crippen molar-refractivity contribution in [1.29, 1.82) is 0 Å². The molecular weight excluding hydrogens is 154 g/mol. The molecule has 3 nitrogen and oxygen atoms in total. The topological polar surface area (TPSA) is 38.3 Å². The quantitative estimate of drug-likeness (QED) is 0.692. The third kappa shape index (κ3) is 7.38. The molecule has 0 unspecified atom stereocenters. The van der Waals surface area contributed by atoms with Gasteiger partial charge in [0.25, 0.3) is 0 Å². The molecule has 0 aliphatic heterocycles. The van der Waals surface area contributed by atoms with E-state index in [1.54, 1.807) is 0 Å². The molecular formula is C9H19NO2. The molecule has 12 heavy (non-hydrogen) atoms. The van der Waals surface area contributed by atoms with Gasteiger partial charge in [-0.25, -0.2) is 4.79 Å². The second-order valence-corrected chi connectivity index (χ2v) is 3.25. The number of nitrogens with one attached hydrogen (secondary N) is 1. The highest BCUT2D eigenvalue weighted by molar-refractivity contribution is 5.66. The molecule has 0 bridgehead atoms. The highest BCUT2D eigenvalue weighted by Crippen LogP contribution is 1.98. The zero-order chi connectivity index (χ0) is 9.40. The van der Waals surface area contributed by atoms with E-state index in [1.165, 1.54) is 0 Å². The Balaban J connectivity index is 3.20. The zero-order valence-corrected chi connectivity index (χ0v) is 8.22. The summed E-state index contributed by atoms with van der Waals surface area (Å²) in [5.41, 5.74) is 0. The lowest BCUT2D eigenvalue weighted by atomic mass is 10.1. The van der Waals surface area contributed by atoms with Gasteiger partial charge in [0.2, 0.25) is 0 Å². The SMILES string of the molecule is CCCNC(=O)OCCC(C)C. The fourth-order valence-electron chi connectivity index (χ4n) is 0.665. The molecule has 0 aromatic heterocycles. The van der Waals surface area contributed by atoms with E-state index < -0.39 is 0 Å². The zero-order valence-electron chi connectivity index (χ0n) is 8.22. The van der Waals surface area contributed by atoms with Crippen molar-refractivity contribution >= 4 is 6.09 Å². The first-order chi connectivity index (χ1) is 5.66. The van der Waals surface area contributed by atoms with Crippen molar-refractivity contribution in [3.63, 3.8) is 0 Å². The molecule has 0 saturated carbocycles. The summed E-state index contributed by atoms with van der Waals surface area (Å²) < 4.78 is 4.90. The van der Waals surface area contributed by atoms with Crippen molar-refractivity contribution in [2.45, 2.75) is 33.6 Å². The molecule has 0 spiro atoms. The van der Waals surface area contributed by atoms with Crippen molar-refractivity contribution in [3.05, 3.63) is 0 Å². The van der Waals surface area contributed by atoms with Crippen molar-refractivity contribution in [3.8, 4) is 0 Å². The Morgan fingerprint density at radius 1 is 1.50 bits per heavy atom. The van der Waals surface area contributed by atoms with Gasteiger partial charge in [0.1, 0.15) is 0 Å². The first-order valence-electron chi connectivity index (χ1n) is 4.57. The number of alkyl carbamates (subject to hydrolysis) is 1. The Hall–Kier alpha value is -0.730. The molecule has 72 valence electrons. The second-order valence-electron chi connectivity index (χ2n) is 3.25. The van der Waals surface area contributed by atoms with E-state index in [0.29, 0.717) is 19.1 Å². The van der Waals surface area contributed by atoms with Crippen LogP contribution in [0.4, 0.5) is 4.79 Å². The van der Waals surface area contributed by atoms with Crippen LogP contribution in [0, 0.1) is 5.92 Å². The second kappa shape index (κ2) is 6.95. The van der Waals surface area contributed by atoms with E-state index in [2.05, 4.69) is 19.2 Å². The summed E-state index contributed by atoms with van der Waals surface area (Å²) in [6.07, 6.45) is 1.58. The maximum Gasteiger partial charge on any atom is 0.407 e. The summed E-state index contributed by atoms with van der Waals surface area (Å²) in [4.78, 5) is 10.9. The average molecular weight is 173 g/mol. The number of amides is 1. The van der Waals surface area contributed by atoms with Crippen LogP contribution in [0.2, 0.25) is 0 Å². The Morgan fingerprint density at radius 3 is 2.67 bits per heavy atom. The van der Waals surface area contributed by atoms with Gasteiger partial charge in [0.05, 0.1) is 6.61 Å². The van der Waals surface area contributed by atoms with Gasteiger partial charge in [-0.2, -0.15) is 0 Å². The minimum absolute atomic E-state index is 0.294. The molecule has 0 atom stereocenters. The summed E-state index contributed by atoms with van der Waals surface area (Å²) in [6, 6.07) is 0. The van der Waals surface area contributed by atoms with Crippen LogP contribution in [0.5, 0.6) is 0 Å². The molecule has 3 heteroatoms. The lowest BCUT2D eigenvalue weighted by Crippen LogP contribution is -2.25. The summed E-state index contributed by atoms with van der Waals surface area (Å²) in [6.45, 7) is 7.43. The van der Waals surface area contributed by atoms with Crippen LogP contribution in [-0.2, 0) is 4.74 Å². The van der Waals surface area contributed by atoms with Gasteiger partial charge >= 0.3 is 6.09 Å². The van der Waals surface area contributed by atoms with Gasteiger partial charge < -0.3 is 10.1 Å². The van der Waals surface area contributed by atoms with Gasteiger partial charge in [0.15, 0.2) is 0 Å². The maximum atomic E-state index is 10.9. The average Bonchev–Trinajstić information content (AvgIpc) is 2.00. The predicted octanol–water partition coefficient (Wildman–Crippen LogP) is 2.17. The number of carbonyl (C=O) groups excluding carboxylic acids is 1. The van der Waals surface area contributed by atoms with Crippen molar-refractivity contribution in [1.82, 2.24) is 5.32 Å². The first-order valence-corrected chi connectivity index (χ1v) is 4.57. The van der Waals surface area contributed by atoms with Gasteiger partial charge in [-0.05, 0) is 18.8 Å². The van der Waals surface area contributed by atoms with Crippen molar-refractivity contribution in [2.75, 3.05) is 13.2 Å².